The Kier molecular flexibility index (Phi) is 6.55. The highest BCUT2D eigenvalue weighted by molar-refractivity contribution is 7.99. The van der Waals surface area contributed by atoms with E-state index in [4.69, 9.17) is 4.74 Å². The zero-order valence-corrected chi connectivity index (χ0v) is 20.9. The number of halogens is 2. The number of nitrogens with one attached hydrogen (secondary N) is 1. The number of rotatable bonds is 6. The lowest BCUT2D eigenvalue weighted by Crippen LogP contribution is -2.36. The molecule has 0 saturated heterocycles. The van der Waals surface area contributed by atoms with E-state index in [2.05, 4.69) is 24.1 Å². The number of ether oxygens (including phenoxy) is 1. The van der Waals surface area contributed by atoms with Crippen molar-refractivity contribution in [1.29, 1.82) is 0 Å². The zero-order valence-electron chi connectivity index (χ0n) is 20.1. The van der Waals surface area contributed by atoms with E-state index in [-0.39, 0.29) is 23.3 Å². The molecule has 3 heterocycles. The van der Waals surface area contributed by atoms with Gasteiger partial charge in [0.15, 0.2) is 17.3 Å². The van der Waals surface area contributed by atoms with Crippen LogP contribution in [0.3, 0.4) is 0 Å². The summed E-state index contributed by atoms with van der Waals surface area (Å²) in [5, 5.41) is 3.36. The molecule has 0 spiro atoms. The summed E-state index contributed by atoms with van der Waals surface area (Å²) in [7, 11) is 0. The molecule has 0 radical (unpaired) electrons. The molecular formula is C28H23F2N3O3S. The van der Waals surface area contributed by atoms with Crippen LogP contribution in [0.4, 0.5) is 14.6 Å². The van der Waals surface area contributed by atoms with Gasteiger partial charge in [0.1, 0.15) is 17.4 Å². The monoisotopic (exact) mass is 519 g/mol. The van der Waals surface area contributed by atoms with Crippen LogP contribution in [-0.4, -0.2) is 26.6 Å². The molecule has 188 valence electrons. The molecule has 2 aromatic heterocycles. The van der Waals surface area contributed by atoms with E-state index in [1.807, 2.05) is 0 Å². The number of nitrogens with zero attached hydrogens (tertiary/aromatic N) is 2. The van der Waals surface area contributed by atoms with Crippen LogP contribution in [0, 0.1) is 11.6 Å². The predicted molar refractivity (Wildman–Crippen MR) is 139 cm³/mol. The number of benzene rings is 2. The quantitative estimate of drug-likeness (QED) is 0.314. The Morgan fingerprint density at radius 3 is 2.65 bits per heavy atom. The third-order valence-corrected chi connectivity index (χ3v) is 7.39. The first-order valence-corrected chi connectivity index (χ1v) is 12.6. The maximum absolute atomic E-state index is 15.0. The van der Waals surface area contributed by atoms with E-state index in [9.17, 15) is 18.4 Å². The first kappa shape index (κ1) is 24.7. The number of ketones is 1. The van der Waals surface area contributed by atoms with Gasteiger partial charge in [0.2, 0.25) is 0 Å². The van der Waals surface area contributed by atoms with Crippen LogP contribution in [0.5, 0.6) is 11.5 Å². The SMILES string of the molecule is CC1(C)CSc2c(Oc3ccc(CC(=O)c4cccn(-c5ccc(F)cc5)c4=O)cc3F)ccnc2N1. The van der Waals surface area contributed by atoms with Crippen LogP contribution in [0.2, 0.25) is 0 Å². The van der Waals surface area contributed by atoms with Crippen molar-refractivity contribution >= 4 is 23.4 Å². The minimum Gasteiger partial charge on any atom is -0.453 e. The number of anilines is 1. The number of carbonyl (C=O) groups excluding carboxylic acids is 1. The molecule has 4 aromatic rings. The number of pyridine rings is 2. The number of aromatic nitrogens is 2. The minimum absolute atomic E-state index is 0.0217. The molecule has 1 aliphatic heterocycles. The third kappa shape index (κ3) is 5.27. The van der Waals surface area contributed by atoms with Crippen molar-refractivity contribution in [2.24, 2.45) is 0 Å². The van der Waals surface area contributed by atoms with Crippen molar-refractivity contribution in [3.63, 3.8) is 0 Å². The first-order valence-electron chi connectivity index (χ1n) is 11.6. The summed E-state index contributed by atoms with van der Waals surface area (Å²) in [6.45, 7) is 4.15. The Morgan fingerprint density at radius 1 is 1.11 bits per heavy atom. The van der Waals surface area contributed by atoms with Gasteiger partial charge in [0.05, 0.1) is 10.5 Å². The lowest BCUT2D eigenvalue weighted by Gasteiger charge is -2.32. The van der Waals surface area contributed by atoms with Gasteiger partial charge in [-0.05, 0) is 67.9 Å². The normalized spacial score (nSPS) is 13.9. The Labute approximate surface area is 216 Å². The van der Waals surface area contributed by atoms with Gasteiger partial charge in [-0.1, -0.05) is 6.07 Å². The summed E-state index contributed by atoms with van der Waals surface area (Å²) in [6, 6.07) is 14.4. The molecule has 1 aliphatic rings. The van der Waals surface area contributed by atoms with Crippen LogP contribution >= 0.6 is 11.8 Å². The molecule has 0 fully saturated rings. The summed E-state index contributed by atoms with van der Waals surface area (Å²) in [5.74, 6) is 0.495. The van der Waals surface area contributed by atoms with Crippen molar-refractivity contribution in [2.45, 2.75) is 30.7 Å². The fraction of sp³-hybridized carbons (Fsp3) is 0.179. The average Bonchev–Trinajstić information content (AvgIpc) is 2.86. The highest BCUT2D eigenvalue weighted by Gasteiger charge is 2.28. The first-order chi connectivity index (χ1) is 17.7. The smallest absolute Gasteiger partial charge is 0.265 e. The maximum atomic E-state index is 15.0. The summed E-state index contributed by atoms with van der Waals surface area (Å²) in [5.41, 5.74) is 0.147. The lowest BCUT2D eigenvalue weighted by atomic mass is 10.0. The van der Waals surface area contributed by atoms with Crippen molar-refractivity contribution in [1.82, 2.24) is 9.55 Å². The van der Waals surface area contributed by atoms with Gasteiger partial charge in [-0.15, -0.1) is 11.8 Å². The van der Waals surface area contributed by atoms with Crippen LogP contribution in [0.25, 0.3) is 5.69 Å². The van der Waals surface area contributed by atoms with Gasteiger partial charge in [0.25, 0.3) is 5.56 Å². The summed E-state index contributed by atoms with van der Waals surface area (Å²) in [6.07, 6.45) is 2.94. The van der Waals surface area contributed by atoms with Crippen LogP contribution in [0.15, 0.2) is 82.7 Å². The van der Waals surface area contributed by atoms with E-state index in [0.29, 0.717) is 22.8 Å². The Bertz CT molecular complexity index is 1550. The molecular weight excluding hydrogens is 496 g/mol. The minimum atomic E-state index is -0.623. The number of thioether (sulfide) groups is 1. The number of hydrogen-bond donors (Lipinski definition) is 1. The summed E-state index contributed by atoms with van der Waals surface area (Å²) in [4.78, 5) is 31.0. The van der Waals surface area contributed by atoms with Gasteiger partial charge in [-0.25, -0.2) is 13.8 Å². The van der Waals surface area contributed by atoms with E-state index in [1.165, 1.54) is 53.2 Å². The molecule has 6 nitrogen and oxygen atoms in total. The second kappa shape index (κ2) is 9.82. The van der Waals surface area contributed by atoms with E-state index < -0.39 is 23.0 Å². The molecule has 0 unspecified atom stereocenters. The second-order valence-electron chi connectivity index (χ2n) is 9.32. The van der Waals surface area contributed by atoms with Crippen LogP contribution in [0.1, 0.15) is 29.8 Å². The molecule has 0 aliphatic carbocycles. The molecule has 5 rings (SSSR count). The Morgan fingerprint density at radius 2 is 1.89 bits per heavy atom. The second-order valence-corrected chi connectivity index (χ2v) is 10.3. The average molecular weight is 520 g/mol. The fourth-order valence-corrected chi connectivity index (χ4v) is 5.07. The van der Waals surface area contributed by atoms with Gasteiger partial charge >= 0.3 is 0 Å². The lowest BCUT2D eigenvalue weighted by molar-refractivity contribution is 0.0991. The van der Waals surface area contributed by atoms with Crippen molar-refractivity contribution in [2.75, 3.05) is 11.1 Å². The van der Waals surface area contributed by atoms with Crippen LogP contribution < -0.4 is 15.6 Å². The van der Waals surface area contributed by atoms with E-state index in [0.717, 1.165) is 10.6 Å². The predicted octanol–water partition coefficient (Wildman–Crippen LogP) is 6.02. The summed E-state index contributed by atoms with van der Waals surface area (Å²) < 4.78 is 35.4. The van der Waals surface area contributed by atoms with E-state index in [1.54, 1.807) is 36.2 Å². The van der Waals surface area contributed by atoms with Gasteiger partial charge < -0.3 is 10.1 Å². The zero-order chi connectivity index (χ0) is 26.2. The Hall–Kier alpha value is -3.98. The van der Waals surface area contributed by atoms with Crippen molar-refractivity contribution in [3.8, 4) is 17.2 Å². The van der Waals surface area contributed by atoms with Gasteiger partial charge in [-0.3, -0.25) is 14.2 Å². The number of fused-ring (bicyclic) bond motifs is 1. The standard InChI is InChI=1S/C28H23F2N3O3S/c1-28(2)16-37-25-24(11-12-31-26(25)32-28)36-23-10-5-17(14-21(23)30)15-22(34)20-4-3-13-33(27(20)35)19-8-6-18(29)7-9-19/h3-14H,15-16H2,1-2H3,(H,31,32). The van der Waals surface area contributed by atoms with Crippen molar-refractivity contribution < 1.29 is 18.3 Å². The van der Waals surface area contributed by atoms with Gasteiger partial charge in [0, 0.05) is 41.9 Å². The third-order valence-electron chi connectivity index (χ3n) is 5.84. The topological polar surface area (TPSA) is 73.2 Å². The molecule has 0 amide bonds. The molecule has 0 bridgehead atoms. The maximum Gasteiger partial charge on any atom is 0.265 e. The van der Waals surface area contributed by atoms with Crippen LogP contribution in [-0.2, 0) is 6.42 Å². The van der Waals surface area contributed by atoms with Crippen molar-refractivity contribution in [3.05, 3.63) is 106 Å². The largest absolute Gasteiger partial charge is 0.453 e. The van der Waals surface area contributed by atoms with Gasteiger partial charge in [-0.2, -0.15) is 0 Å². The number of carbonyl (C=O) groups is 1. The molecule has 9 heteroatoms. The fourth-order valence-electron chi connectivity index (χ4n) is 4.00. The molecule has 37 heavy (non-hydrogen) atoms. The summed E-state index contributed by atoms with van der Waals surface area (Å²) >= 11 is 1.59. The highest BCUT2D eigenvalue weighted by Crippen LogP contribution is 2.43. The van der Waals surface area contributed by atoms with E-state index >= 15 is 0 Å². The molecule has 1 N–H and O–H groups in total. The number of Topliss-reactive ketones (excluding diaryl/α,β-unsaturated/α-hetero) is 1. The molecule has 0 atom stereocenters. The molecule has 0 saturated carbocycles. The number of hydrogen-bond acceptors (Lipinski definition) is 6. The Balaban J connectivity index is 1.34. The highest BCUT2D eigenvalue weighted by atomic mass is 32.2. The molecule has 2 aromatic carbocycles.